The van der Waals surface area contributed by atoms with Crippen LogP contribution in [-0.4, -0.2) is 0 Å². The first kappa shape index (κ1) is 22.7. The first-order valence-electron chi connectivity index (χ1n) is 13.7. The Hall–Kier alpha value is -5.05. The molecular formula is C38H21ClO2. The van der Waals surface area contributed by atoms with Crippen LogP contribution < -0.4 is 0 Å². The normalized spacial score (nSPS) is 12.0. The highest BCUT2D eigenvalue weighted by atomic mass is 35.5. The van der Waals surface area contributed by atoms with Gasteiger partial charge in [-0.25, -0.2) is 0 Å². The fraction of sp³-hybridized carbons (Fsp3) is 0. The van der Waals surface area contributed by atoms with Crippen LogP contribution >= 0.6 is 11.6 Å². The summed E-state index contributed by atoms with van der Waals surface area (Å²) in [7, 11) is 0. The van der Waals surface area contributed by atoms with Crippen molar-refractivity contribution in [2.75, 3.05) is 0 Å². The average Bonchev–Trinajstić information content (AvgIpc) is 3.56. The Balaban J connectivity index is 1.35. The summed E-state index contributed by atoms with van der Waals surface area (Å²) in [5.74, 6) is 0. The maximum atomic E-state index is 6.31. The van der Waals surface area contributed by atoms with E-state index < -0.39 is 0 Å². The molecule has 7 aromatic carbocycles. The molecule has 0 radical (unpaired) electrons. The van der Waals surface area contributed by atoms with Gasteiger partial charge < -0.3 is 8.83 Å². The quantitative estimate of drug-likeness (QED) is 0.202. The molecule has 0 bridgehead atoms. The highest BCUT2D eigenvalue weighted by Gasteiger charge is 2.18. The number of furan rings is 2. The number of hydrogen-bond acceptors (Lipinski definition) is 2. The standard InChI is InChI=1S/C38H21ClO2/c39-24-15-18-35-32(21-24)26-16-13-23(20-36(26)41-35)38-29-10-3-1-8-27(29)37(28-9-2-4-11-30(28)38)22-14-17-34-31(19-22)25-7-5-6-12-33(25)40-34/h1-21H. The number of rotatable bonds is 2. The maximum Gasteiger partial charge on any atom is 0.136 e. The lowest BCUT2D eigenvalue weighted by Crippen LogP contribution is -1.90. The van der Waals surface area contributed by atoms with E-state index in [9.17, 15) is 0 Å². The molecule has 192 valence electrons. The van der Waals surface area contributed by atoms with Crippen LogP contribution in [-0.2, 0) is 0 Å². The zero-order chi connectivity index (χ0) is 27.1. The van der Waals surface area contributed by atoms with Crippen molar-refractivity contribution in [2.45, 2.75) is 0 Å². The van der Waals surface area contributed by atoms with Crippen molar-refractivity contribution < 1.29 is 8.83 Å². The summed E-state index contributed by atoms with van der Waals surface area (Å²) in [4.78, 5) is 0. The van der Waals surface area contributed by atoms with Gasteiger partial charge in [0.2, 0.25) is 0 Å². The van der Waals surface area contributed by atoms with Crippen molar-refractivity contribution in [1.29, 1.82) is 0 Å². The highest BCUT2D eigenvalue weighted by molar-refractivity contribution is 6.31. The Morgan fingerprint density at radius 2 is 0.805 bits per heavy atom. The second-order valence-corrected chi connectivity index (χ2v) is 11.0. The minimum atomic E-state index is 0.707. The van der Waals surface area contributed by atoms with Gasteiger partial charge >= 0.3 is 0 Å². The SMILES string of the molecule is Clc1ccc2oc3cc(-c4c5ccccc5c(-c5ccc6oc7ccccc7c6c5)c5ccccc45)ccc3c2c1. The summed E-state index contributed by atoms with van der Waals surface area (Å²) in [6.07, 6.45) is 0. The molecule has 9 rings (SSSR count). The predicted molar refractivity (Wildman–Crippen MR) is 172 cm³/mol. The molecule has 0 saturated carbocycles. The molecule has 0 N–H and O–H groups in total. The summed E-state index contributed by atoms with van der Waals surface area (Å²) >= 11 is 6.31. The molecule has 0 aliphatic rings. The first-order chi connectivity index (χ1) is 20.2. The zero-order valence-electron chi connectivity index (χ0n) is 21.8. The molecule has 0 unspecified atom stereocenters. The average molecular weight is 545 g/mol. The van der Waals surface area contributed by atoms with E-state index in [1.165, 1.54) is 38.2 Å². The number of halogens is 1. The van der Waals surface area contributed by atoms with E-state index >= 15 is 0 Å². The second kappa shape index (κ2) is 8.47. The Labute approximate surface area is 240 Å². The Morgan fingerprint density at radius 1 is 0.341 bits per heavy atom. The molecule has 0 aliphatic heterocycles. The molecule has 0 atom stereocenters. The van der Waals surface area contributed by atoms with Crippen LogP contribution in [0.25, 0.3) is 87.7 Å². The molecule has 0 spiro atoms. The monoisotopic (exact) mass is 544 g/mol. The number of fused-ring (bicyclic) bond motifs is 8. The van der Waals surface area contributed by atoms with Crippen LogP contribution in [0.4, 0.5) is 0 Å². The van der Waals surface area contributed by atoms with E-state index in [1.54, 1.807) is 0 Å². The molecule has 0 saturated heterocycles. The number of hydrogen-bond donors (Lipinski definition) is 0. The minimum absolute atomic E-state index is 0.707. The third-order valence-electron chi connectivity index (χ3n) is 8.32. The number of para-hydroxylation sites is 1. The fourth-order valence-electron chi connectivity index (χ4n) is 6.54. The van der Waals surface area contributed by atoms with E-state index in [4.69, 9.17) is 20.4 Å². The fourth-order valence-corrected chi connectivity index (χ4v) is 6.71. The summed E-state index contributed by atoms with van der Waals surface area (Å²) in [6, 6.07) is 44.6. The molecule has 2 heterocycles. The number of benzene rings is 7. The molecule has 0 amide bonds. The largest absolute Gasteiger partial charge is 0.456 e. The molecular weight excluding hydrogens is 524 g/mol. The predicted octanol–water partition coefficient (Wildman–Crippen LogP) is 11.8. The van der Waals surface area contributed by atoms with Crippen molar-refractivity contribution in [3.63, 3.8) is 0 Å². The summed E-state index contributed by atoms with van der Waals surface area (Å²) in [5.41, 5.74) is 8.24. The lowest BCUT2D eigenvalue weighted by Gasteiger charge is -2.17. The van der Waals surface area contributed by atoms with Gasteiger partial charge in [-0.1, -0.05) is 90.5 Å². The van der Waals surface area contributed by atoms with E-state index in [-0.39, 0.29) is 0 Å². The summed E-state index contributed by atoms with van der Waals surface area (Å²) in [6.45, 7) is 0. The van der Waals surface area contributed by atoms with Crippen molar-refractivity contribution in [3.8, 4) is 22.3 Å². The summed E-state index contributed by atoms with van der Waals surface area (Å²) < 4.78 is 12.4. The highest BCUT2D eigenvalue weighted by Crippen LogP contribution is 2.45. The molecule has 0 fully saturated rings. The van der Waals surface area contributed by atoms with Crippen LogP contribution in [0.1, 0.15) is 0 Å². The molecule has 0 aliphatic carbocycles. The van der Waals surface area contributed by atoms with Crippen molar-refractivity contribution in [3.05, 3.63) is 132 Å². The maximum absolute atomic E-state index is 6.31. The van der Waals surface area contributed by atoms with Crippen LogP contribution in [0.5, 0.6) is 0 Å². The lowest BCUT2D eigenvalue weighted by molar-refractivity contribution is 0.668. The van der Waals surface area contributed by atoms with Gasteiger partial charge in [0.05, 0.1) is 0 Å². The van der Waals surface area contributed by atoms with Gasteiger partial charge in [0, 0.05) is 26.6 Å². The molecule has 41 heavy (non-hydrogen) atoms. The van der Waals surface area contributed by atoms with Crippen LogP contribution in [0.3, 0.4) is 0 Å². The van der Waals surface area contributed by atoms with E-state index in [0.29, 0.717) is 5.02 Å². The first-order valence-corrected chi connectivity index (χ1v) is 14.1. The van der Waals surface area contributed by atoms with E-state index in [1.807, 2.05) is 30.3 Å². The lowest BCUT2D eigenvalue weighted by atomic mass is 9.85. The molecule has 2 nitrogen and oxygen atoms in total. The van der Waals surface area contributed by atoms with Gasteiger partial charge in [-0.3, -0.25) is 0 Å². The minimum Gasteiger partial charge on any atom is -0.456 e. The Kier molecular flexibility index (Phi) is 4.70. The van der Waals surface area contributed by atoms with Crippen LogP contribution in [0.15, 0.2) is 136 Å². The summed E-state index contributed by atoms with van der Waals surface area (Å²) in [5, 5.41) is 9.91. The zero-order valence-corrected chi connectivity index (χ0v) is 22.6. The van der Waals surface area contributed by atoms with Crippen molar-refractivity contribution >= 4 is 77.0 Å². The van der Waals surface area contributed by atoms with E-state index in [0.717, 1.165) is 49.4 Å². The smallest absolute Gasteiger partial charge is 0.136 e. The van der Waals surface area contributed by atoms with Gasteiger partial charge in [-0.2, -0.15) is 0 Å². The Morgan fingerprint density at radius 3 is 1.49 bits per heavy atom. The topological polar surface area (TPSA) is 26.3 Å². The van der Waals surface area contributed by atoms with Gasteiger partial charge in [0.15, 0.2) is 0 Å². The van der Waals surface area contributed by atoms with Gasteiger partial charge in [-0.05, 0) is 92.3 Å². The van der Waals surface area contributed by atoms with Crippen molar-refractivity contribution in [1.82, 2.24) is 0 Å². The second-order valence-electron chi connectivity index (χ2n) is 10.6. The van der Waals surface area contributed by atoms with Crippen molar-refractivity contribution in [2.24, 2.45) is 0 Å². The Bertz CT molecular complexity index is 2440. The molecule has 9 aromatic rings. The van der Waals surface area contributed by atoms with Gasteiger partial charge in [-0.15, -0.1) is 0 Å². The van der Waals surface area contributed by atoms with Crippen LogP contribution in [0, 0.1) is 0 Å². The molecule has 3 heteroatoms. The third-order valence-corrected chi connectivity index (χ3v) is 8.55. The van der Waals surface area contributed by atoms with E-state index in [2.05, 4.69) is 97.1 Å². The van der Waals surface area contributed by atoms with Gasteiger partial charge in [0.1, 0.15) is 22.3 Å². The molecule has 2 aromatic heterocycles. The van der Waals surface area contributed by atoms with Crippen LogP contribution in [0.2, 0.25) is 5.02 Å². The third kappa shape index (κ3) is 3.32. The van der Waals surface area contributed by atoms with Gasteiger partial charge in [0.25, 0.3) is 0 Å².